The van der Waals surface area contributed by atoms with Crippen LogP contribution in [-0.2, 0) is 4.79 Å². The quantitative estimate of drug-likeness (QED) is 0.759. The number of thiazole rings is 1. The van der Waals surface area contributed by atoms with Gasteiger partial charge in [0.15, 0.2) is 5.15 Å². The summed E-state index contributed by atoms with van der Waals surface area (Å²) >= 11 is 9.10. The Morgan fingerprint density at radius 3 is 3.05 bits per heavy atom. The highest BCUT2D eigenvalue weighted by Gasteiger charge is 2.22. The summed E-state index contributed by atoms with van der Waals surface area (Å²) in [5.74, 6) is 0.213. The molecule has 1 aliphatic rings. The van der Waals surface area contributed by atoms with Gasteiger partial charge >= 0.3 is 0 Å². The van der Waals surface area contributed by atoms with Gasteiger partial charge in [-0.1, -0.05) is 22.9 Å². The maximum atomic E-state index is 12.9. The van der Waals surface area contributed by atoms with Crippen molar-refractivity contribution in [3.8, 4) is 0 Å². The van der Waals surface area contributed by atoms with Gasteiger partial charge in [0.05, 0.1) is 5.92 Å². The molecule has 0 saturated carbocycles. The van der Waals surface area contributed by atoms with E-state index in [-0.39, 0.29) is 11.8 Å². The molecule has 1 amide bonds. The van der Waals surface area contributed by atoms with Crippen LogP contribution in [0.1, 0.15) is 23.8 Å². The van der Waals surface area contributed by atoms with Crippen LogP contribution in [0.3, 0.4) is 0 Å². The van der Waals surface area contributed by atoms with Crippen LogP contribution < -0.4 is 4.90 Å². The molecule has 0 radical (unpaired) electrons. The Bertz CT molecular complexity index is 588. The van der Waals surface area contributed by atoms with Crippen LogP contribution in [0.25, 0.3) is 0 Å². The molecule has 4 nitrogen and oxygen atoms in total. The normalized spacial score (nSPS) is 17.7. The fraction of sp³-hybridized carbons (Fsp3) is 0.462. The first-order valence-electron chi connectivity index (χ1n) is 6.34. The van der Waals surface area contributed by atoms with Crippen molar-refractivity contribution in [1.82, 2.24) is 4.98 Å². The lowest BCUT2D eigenvalue weighted by Gasteiger charge is -2.14. The summed E-state index contributed by atoms with van der Waals surface area (Å²) in [5, 5.41) is 1.67. The van der Waals surface area contributed by atoms with Crippen LogP contribution in [0.4, 0.5) is 9.39 Å². The second-order valence-corrected chi connectivity index (χ2v) is 6.84. The molecule has 8 heteroatoms. The molecule has 0 spiro atoms. The first kappa shape index (κ1) is 16.5. The van der Waals surface area contributed by atoms with E-state index in [1.807, 2.05) is 6.26 Å². The van der Waals surface area contributed by atoms with E-state index in [1.165, 1.54) is 28.5 Å². The van der Waals surface area contributed by atoms with Crippen molar-refractivity contribution in [3.63, 3.8) is 0 Å². The highest BCUT2D eigenvalue weighted by molar-refractivity contribution is 7.98. The van der Waals surface area contributed by atoms with Gasteiger partial charge in [-0.25, -0.2) is 9.98 Å². The summed E-state index contributed by atoms with van der Waals surface area (Å²) in [4.78, 5) is 21.5. The topological polar surface area (TPSA) is 45.6 Å². The number of allylic oxidation sites excluding steroid dienone is 1. The van der Waals surface area contributed by atoms with Crippen LogP contribution in [0.5, 0.6) is 0 Å². The summed E-state index contributed by atoms with van der Waals surface area (Å²) in [5.41, 5.74) is 0. The van der Waals surface area contributed by atoms with E-state index in [0.29, 0.717) is 23.0 Å². The van der Waals surface area contributed by atoms with E-state index < -0.39 is 5.95 Å². The smallest absolute Gasteiger partial charge is 0.228 e. The summed E-state index contributed by atoms with van der Waals surface area (Å²) in [6.45, 7) is 0. The van der Waals surface area contributed by atoms with Crippen LogP contribution in [0, 0.1) is 0 Å². The molecule has 0 saturated heterocycles. The molecule has 1 atom stereocenters. The Balaban J connectivity index is 2.12. The van der Waals surface area contributed by atoms with Gasteiger partial charge in [0.2, 0.25) is 11.9 Å². The third kappa shape index (κ3) is 4.05. The predicted octanol–water partition coefficient (Wildman–Crippen LogP) is 3.88. The van der Waals surface area contributed by atoms with Crippen molar-refractivity contribution in [3.05, 3.63) is 22.2 Å². The van der Waals surface area contributed by atoms with E-state index >= 15 is 0 Å². The zero-order chi connectivity index (χ0) is 15.4. The molecule has 1 unspecified atom stereocenters. The van der Waals surface area contributed by atoms with Gasteiger partial charge in [-0.05, 0) is 18.8 Å². The average Bonchev–Trinajstić information content (AvgIpc) is 2.86. The van der Waals surface area contributed by atoms with Crippen molar-refractivity contribution in [2.45, 2.75) is 18.8 Å². The molecule has 0 aliphatic carbocycles. The average molecular weight is 348 g/mol. The number of rotatable bonds is 5. The summed E-state index contributed by atoms with van der Waals surface area (Å²) in [6.07, 6.45) is 5.87. The summed E-state index contributed by atoms with van der Waals surface area (Å²) < 4.78 is 12.9. The summed E-state index contributed by atoms with van der Waals surface area (Å²) in [7, 11) is 1.69. The van der Waals surface area contributed by atoms with Crippen molar-refractivity contribution in [1.29, 1.82) is 0 Å². The van der Waals surface area contributed by atoms with Gasteiger partial charge in [0, 0.05) is 25.4 Å². The number of amides is 1. The largest absolute Gasteiger partial charge is 0.304 e. The molecule has 1 aromatic rings. The zero-order valence-electron chi connectivity index (χ0n) is 11.7. The molecule has 114 valence electrons. The Morgan fingerprint density at radius 2 is 2.43 bits per heavy atom. The number of carbonyl (C=O) groups is 1. The third-order valence-corrected chi connectivity index (χ3v) is 5.27. The molecule has 2 heterocycles. The maximum absolute atomic E-state index is 12.9. The van der Waals surface area contributed by atoms with Gasteiger partial charge in [-0.15, -0.1) is 0 Å². The molecular weight excluding hydrogens is 333 g/mol. The van der Waals surface area contributed by atoms with Crippen molar-refractivity contribution >= 4 is 51.8 Å². The molecule has 0 bridgehead atoms. The van der Waals surface area contributed by atoms with Crippen LogP contribution in [0.2, 0.25) is 5.15 Å². The predicted molar refractivity (Wildman–Crippen MR) is 88.6 cm³/mol. The van der Waals surface area contributed by atoms with Crippen LogP contribution >= 0.6 is 34.7 Å². The highest BCUT2D eigenvalue weighted by Crippen LogP contribution is 2.37. The van der Waals surface area contributed by atoms with Crippen molar-refractivity contribution in [2.24, 2.45) is 4.99 Å². The second-order valence-electron chi connectivity index (χ2n) is 4.49. The number of aromatic nitrogens is 1. The van der Waals surface area contributed by atoms with E-state index in [0.717, 1.165) is 10.8 Å². The molecule has 21 heavy (non-hydrogen) atoms. The minimum absolute atomic E-state index is 0.00435. The van der Waals surface area contributed by atoms with Crippen LogP contribution in [0.15, 0.2) is 17.0 Å². The monoisotopic (exact) mass is 347 g/mol. The first-order chi connectivity index (χ1) is 10.0. The maximum Gasteiger partial charge on any atom is 0.228 e. The number of halogens is 2. The first-order valence-corrected chi connectivity index (χ1v) is 8.93. The van der Waals surface area contributed by atoms with Gasteiger partial charge in [0.1, 0.15) is 10.0 Å². The molecule has 0 aromatic carbocycles. The number of hydrogen-bond donors (Lipinski definition) is 0. The number of aliphatic imine (C=N–C) groups is 1. The molecule has 2 rings (SSSR count). The molecule has 0 fully saturated rings. The molecule has 1 aromatic heterocycles. The zero-order valence-corrected chi connectivity index (χ0v) is 14.1. The minimum atomic E-state index is -0.474. The van der Waals surface area contributed by atoms with Gasteiger partial charge in [-0.3, -0.25) is 4.79 Å². The lowest BCUT2D eigenvalue weighted by molar-refractivity contribution is -0.117. The van der Waals surface area contributed by atoms with E-state index in [4.69, 9.17) is 11.6 Å². The minimum Gasteiger partial charge on any atom is -0.304 e. The van der Waals surface area contributed by atoms with Gasteiger partial charge < -0.3 is 4.90 Å². The Labute approximate surface area is 136 Å². The number of hydrogen-bond acceptors (Lipinski definition) is 5. The highest BCUT2D eigenvalue weighted by atomic mass is 35.5. The number of anilines is 1. The Morgan fingerprint density at radius 1 is 1.67 bits per heavy atom. The van der Waals surface area contributed by atoms with Crippen molar-refractivity contribution < 1.29 is 9.18 Å². The number of carbonyl (C=O) groups excluding carboxylic acids is 1. The molecule has 1 aliphatic heterocycles. The molecular formula is C13H15ClFN3OS2. The fourth-order valence-corrected chi connectivity index (χ4v) is 3.58. The number of thioether (sulfide) groups is 1. The standard InChI is InChI=1S/C13H15ClFN3OS2/c1-18(10(19)5-6-20-2)13-11(14)17-12(21-13)8-3-4-9(15)16-7-8/h4,7-8H,3,5-6H2,1-2H3. The third-order valence-electron chi connectivity index (χ3n) is 3.02. The number of nitrogens with zero attached hydrogens (tertiary/aromatic N) is 3. The van der Waals surface area contributed by atoms with Gasteiger partial charge in [0.25, 0.3) is 0 Å². The second kappa shape index (κ2) is 7.38. The lowest BCUT2D eigenvalue weighted by atomic mass is 10.1. The Kier molecular flexibility index (Phi) is 5.78. The van der Waals surface area contributed by atoms with Crippen molar-refractivity contribution in [2.75, 3.05) is 24.0 Å². The summed E-state index contributed by atoms with van der Waals surface area (Å²) in [6, 6.07) is 0. The van der Waals surface area contributed by atoms with E-state index in [2.05, 4.69) is 9.98 Å². The lowest BCUT2D eigenvalue weighted by Crippen LogP contribution is -2.25. The van der Waals surface area contributed by atoms with Crippen LogP contribution in [-0.4, -0.2) is 36.2 Å². The van der Waals surface area contributed by atoms with E-state index in [1.54, 1.807) is 18.8 Å². The fourth-order valence-electron chi connectivity index (χ4n) is 1.81. The SMILES string of the molecule is CSCCC(=O)N(C)c1sc(C2C=NC(F)=CC2)nc1Cl. The van der Waals surface area contributed by atoms with E-state index in [9.17, 15) is 9.18 Å². The molecule has 0 N–H and O–H groups in total. The Hall–Kier alpha value is -0.920. The van der Waals surface area contributed by atoms with Gasteiger partial charge in [-0.2, -0.15) is 16.2 Å².